The summed E-state index contributed by atoms with van der Waals surface area (Å²) in [6.07, 6.45) is 2.58. The molecule has 0 spiro atoms. The monoisotopic (exact) mass is 270 g/mol. The molecule has 19 heavy (non-hydrogen) atoms. The summed E-state index contributed by atoms with van der Waals surface area (Å²) in [5, 5.41) is 22.7. The van der Waals surface area contributed by atoms with Crippen molar-refractivity contribution in [1.82, 2.24) is 9.97 Å². The third-order valence-corrected chi connectivity index (χ3v) is 2.77. The van der Waals surface area contributed by atoms with Crippen molar-refractivity contribution in [2.75, 3.05) is 23.9 Å². The van der Waals surface area contributed by atoms with Crippen molar-refractivity contribution in [3.63, 3.8) is 0 Å². The fourth-order valence-corrected chi connectivity index (χ4v) is 1.58. The number of hydrogen-bond donors (Lipinski definition) is 4. The van der Waals surface area contributed by atoms with Gasteiger partial charge in [-0.05, 0) is 12.3 Å². The lowest BCUT2D eigenvalue weighted by Crippen LogP contribution is -2.18. The fourth-order valence-electron chi connectivity index (χ4n) is 1.58. The summed E-state index contributed by atoms with van der Waals surface area (Å²) in [6.45, 7) is 2.56. The van der Waals surface area contributed by atoms with Crippen LogP contribution in [-0.4, -0.2) is 33.1 Å². The Kier molecular flexibility index (Phi) is 5.90. The minimum Gasteiger partial charge on any atom is -0.396 e. The van der Waals surface area contributed by atoms with Gasteiger partial charge in [-0.1, -0.05) is 13.3 Å². The van der Waals surface area contributed by atoms with Gasteiger partial charge in [0.05, 0.1) is 4.92 Å². The SMILES string of the molecule is CCC(CCO)CNc1nc(NN)ncc1[N+](=O)[O-]. The number of hydrogen-bond acceptors (Lipinski definition) is 8. The predicted octanol–water partition coefficient (Wildman–Crippen LogP) is 0.491. The van der Waals surface area contributed by atoms with Crippen LogP contribution in [-0.2, 0) is 0 Å². The van der Waals surface area contributed by atoms with E-state index >= 15 is 0 Å². The van der Waals surface area contributed by atoms with E-state index < -0.39 is 4.92 Å². The maximum atomic E-state index is 10.9. The van der Waals surface area contributed by atoms with Gasteiger partial charge in [0.15, 0.2) is 0 Å². The number of rotatable bonds is 8. The topological polar surface area (TPSA) is 139 Å². The van der Waals surface area contributed by atoms with Crippen LogP contribution in [0.2, 0.25) is 0 Å². The van der Waals surface area contributed by atoms with Crippen LogP contribution in [0.3, 0.4) is 0 Å². The highest BCUT2D eigenvalue weighted by Gasteiger charge is 2.18. The number of aromatic nitrogens is 2. The highest BCUT2D eigenvalue weighted by molar-refractivity contribution is 5.56. The van der Waals surface area contributed by atoms with E-state index in [9.17, 15) is 10.1 Å². The molecule has 0 aliphatic heterocycles. The smallest absolute Gasteiger partial charge is 0.329 e. The molecule has 0 aromatic carbocycles. The number of nitrogen functional groups attached to an aromatic ring is 1. The molecule has 0 saturated heterocycles. The average molecular weight is 270 g/mol. The number of aliphatic hydroxyl groups excluding tert-OH is 1. The quantitative estimate of drug-likeness (QED) is 0.304. The second-order valence-electron chi connectivity index (χ2n) is 4.00. The molecular formula is C10H18N6O3. The van der Waals surface area contributed by atoms with Gasteiger partial charge in [-0.2, -0.15) is 4.98 Å². The molecule has 9 heteroatoms. The second kappa shape index (κ2) is 7.44. The highest BCUT2D eigenvalue weighted by atomic mass is 16.6. The first kappa shape index (κ1) is 15.1. The third-order valence-electron chi connectivity index (χ3n) is 2.77. The molecule has 0 bridgehead atoms. The van der Waals surface area contributed by atoms with Crippen LogP contribution in [0.5, 0.6) is 0 Å². The van der Waals surface area contributed by atoms with Crippen molar-refractivity contribution in [1.29, 1.82) is 0 Å². The molecule has 0 amide bonds. The van der Waals surface area contributed by atoms with Crippen LogP contribution in [0.15, 0.2) is 6.20 Å². The van der Waals surface area contributed by atoms with Crippen LogP contribution in [0.4, 0.5) is 17.5 Å². The molecule has 0 aliphatic rings. The van der Waals surface area contributed by atoms with Crippen molar-refractivity contribution in [2.45, 2.75) is 19.8 Å². The number of nitro groups is 1. The Labute approximate surface area is 110 Å². The molecule has 1 aromatic heterocycles. The lowest BCUT2D eigenvalue weighted by atomic mass is 10.0. The zero-order chi connectivity index (χ0) is 14.3. The Morgan fingerprint density at radius 3 is 2.89 bits per heavy atom. The molecule has 0 radical (unpaired) electrons. The summed E-state index contributed by atoms with van der Waals surface area (Å²) in [6, 6.07) is 0. The van der Waals surface area contributed by atoms with E-state index in [0.29, 0.717) is 13.0 Å². The zero-order valence-electron chi connectivity index (χ0n) is 10.7. The van der Waals surface area contributed by atoms with Crippen LogP contribution in [0, 0.1) is 16.0 Å². The van der Waals surface area contributed by atoms with E-state index in [4.69, 9.17) is 10.9 Å². The van der Waals surface area contributed by atoms with Gasteiger partial charge in [0.25, 0.3) is 0 Å². The Morgan fingerprint density at radius 1 is 1.63 bits per heavy atom. The van der Waals surface area contributed by atoms with Gasteiger partial charge in [0, 0.05) is 13.2 Å². The van der Waals surface area contributed by atoms with Gasteiger partial charge >= 0.3 is 5.69 Å². The normalized spacial score (nSPS) is 11.9. The Balaban J connectivity index is 2.82. The van der Waals surface area contributed by atoms with Gasteiger partial charge in [-0.15, -0.1) is 0 Å². The first-order chi connectivity index (χ1) is 9.12. The second-order valence-corrected chi connectivity index (χ2v) is 4.00. The van der Waals surface area contributed by atoms with Gasteiger partial charge in [0.2, 0.25) is 11.8 Å². The largest absolute Gasteiger partial charge is 0.396 e. The molecule has 9 nitrogen and oxygen atoms in total. The number of nitrogens with two attached hydrogens (primary N) is 1. The lowest BCUT2D eigenvalue weighted by Gasteiger charge is -2.14. The third kappa shape index (κ3) is 4.30. The molecule has 1 rings (SSSR count). The molecule has 1 aromatic rings. The zero-order valence-corrected chi connectivity index (χ0v) is 10.7. The van der Waals surface area contributed by atoms with Crippen LogP contribution in [0.25, 0.3) is 0 Å². The number of hydrazine groups is 1. The van der Waals surface area contributed by atoms with Gasteiger partial charge in [-0.3, -0.25) is 15.5 Å². The summed E-state index contributed by atoms with van der Waals surface area (Å²) in [7, 11) is 0. The van der Waals surface area contributed by atoms with E-state index in [1.165, 1.54) is 0 Å². The van der Waals surface area contributed by atoms with E-state index in [1.807, 2.05) is 6.92 Å². The van der Waals surface area contributed by atoms with E-state index in [1.54, 1.807) is 0 Å². The summed E-state index contributed by atoms with van der Waals surface area (Å²) < 4.78 is 0. The maximum Gasteiger partial charge on any atom is 0.329 e. The molecule has 0 aliphatic carbocycles. The van der Waals surface area contributed by atoms with Crippen LogP contribution >= 0.6 is 0 Å². The predicted molar refractivity (Wildman–Crippen MR) is 70.5 cm³/mol. The number of nitrogens with zero attached hydrogens (tertiary/aromatic N) is 3. The van der Waals surface area contributed by atoms with Crippen LogP contribution < -0.4 is 16.6 Å². The molecule has 1 unspecified atom stereocenters. The van der Waals surface area contributed by atoms with Crippen molar-refractivity contribution >= 4 is 17.5 Å². The number of anilines is 2. The first-order valence-corrected chi connectivity index (χ1v) is 5.95. The molecular weight excluding hydrogens is 252 g/mol. The molecule has 5 N–H and O–H groups in total. The molecule has 0 saturated carbocycles. The minimum atomic E-state index is -0.560. The summed E-state index contributed by atoms with van der Waals surface area (Å²) in [5.74, 6) is 5.60. The molecule has 0 fully saturated rings. The summed E-state index contributed by atoms with van der Waals surface area (Å²) in [4.78, 5) is 17.9. The van der Waals surface area contributed by atoms with Gasteiger partial charge < -0.3 is 10.4 Å². The molecule has 106 valence electrons. The lowest BCUT2D eigenvalue weighted by molar-refractivity contribution is -0.384. The average Bonchev–Trinajstić information content (AvgIpc) is 2.42. The fraction of sp³-hybridized carbons (Fsp3) is 0.600. The Bertz CT molecular complexity index is 428. The Hall–Kier alpha value is -2.00. The van der Waals surface area contributed by atoms with Crippen molar-refractivity contribution in [2.24, 2.45) is 11.8 Å². The standard InChI is InChI=1S/C10H18N6O3/c1-2-7(3-4-17)5-12-9-8(16(18)19)6-13-10(14-9)15-11/h6-7,17H,2-5,11H2,1H3,(H2,12,13,14,15). The summed E-state index contributed by atoms with van der Waals surface area (Å²) in [5.41, 5.74) is 2.03. The molecule has 1 atom stereocenters. The van der Waals surface area contributed by atoms with Crippen molar-refractivity contribution in [3.05, 3.63) is 16.3 Å². The summed E-state index contributed by atoms with van der Waals surface area (Å²) >= 11 is 0. The van der Waals surface area contributed by atoms with E-state index in [-0.39, 0.29) is 30.0 Å². The van der Waals surface area contributed by atoms with Gasteiger partial charge in [0.1, 0.15) is 6.20 Å². The number of aliphatic hydroxyl groups is 1. The van der Waals surface area contributed by atoms with E-state index in [2.05, 4.69) is 20.7 Å². The maximum absolute atomic E-state index is 10.9. The van der Waals surface area contributed by atoms with Gasteiger partial charge in [-0.25, -0.2) is 10.8 Å². The minimum absolute atomic E-state index is 0.0850. The Morgan fingerprint density at radius 2 is 2.37 bits per heavy atom. The highest BCUT2D eigenvalue weighted by Crippen LogP contribution is 2.22. The number of nitrogens with one attached hydrogen (secondary N) is 2. The first-order valence-electron chi connectivity index (χ1n) is 5.95. The van der Waals surface area contributed by atoms with Crippen molar-refractivity contribution in [3.8, 4) is 0 Å². The molecule has 1 heterocycles. The van der Waals surface area contributed by atoms with Crippen LogP contribution in [0.1, 0.15) is 19.8 Å². The van der Waals surface area contributed by atoms with E-state index in [0.717, 1.165) is 12.6 Å². The van der Waals surface area contributed by atoms with Crippen molar-refractivity contribution < 1.29 is 10.0 Å².